The van der Waals surface area contributed by atoms with Gasteiger partial charge in [0.2, 0.25) is 0 Å². The number of nitrogens with one attached hydrogen (secondary N) is 1. The van der Waals surface area contributed by atoms with Crippen molar-refractivity contribution in [3.05, 3.63) is 71.3 Å². The first-order valence-electron chi connectivity index (χ1n) is 7.36. The summed E-state index contributed by atoms with van der Waals surface area (Å²) < 4.78 is 4.70. The van der Waals surface area contributed by atoms with Crippen LogP contribution in [0, 0.1) is 0 Å². The van der Waals surface area contributed by atoms with Crippen LogP contribution in [0.5, 0.6) is 0 Å². The average molecular weight is 327 g/mol. The topological polar surface area (TPSA) is 55.4 Å². The van der Waals surface area contributed by atoms with Gasteiger partial charge in [-0.15, -0.1) is 11.8 Å². The van der Waals surface area contributed by atoms with E-state index in [9.17, 15) is 9.59 Å². The number of esters is 1. The van der Waals surface area contributed by atoms with Crippen LogP contribution in [0.25, 0.3) is 0 Å². The molecule has 3 rings (SSSR count). The van der Waals surface area contributed by atoms with Gasteiger partial charge in [0.05, 0.1) is 13.5 Å². The maximum atomic E-state index is 12.4. The van der Waals surface area contributed by atoms with E-state index in [-0.39, 0.29) is 11.9 Å². The summed E-state index contributed by atoms with van der Waals surface area (Å²) in [5.41, 5.74) is 2.61. The molecule has 1 aliphatic heterocycles. The SMILES string of the molecule is COC(=O)CCS[C@]1(c2ccccc2)NC(=O)c2ccccc21. The number of hydrogen-bond donors (Lipinski definition) is 1. The van der Waals surface area contributed by atoms with E-state index in [2.05, 4.69) is 5.32 Å². The van der Waals surface area contributed by atoms with Gasteiger partial charge in [0.25, 0.3) is 5.91 Å². The van der Waals surface area contributed by atoms with Gasteiger partial charge in [-0.05, 0) is 11.6 Å². The second-order valence-corrected chi connectivity index (χ2v) is 6.53. The highest BCUT2D eigenvalue weighted by atomic mass is 32.2. The molecule has 0 radical (unpaired) electrons. The van der Waals surface area contributed by atoms with E-state index in [1.165, 1.54) is 7.11 Å². The molecule has 1 aliphatic rings. The molecule has 5 heteroatoms. The predicted octanol–water partition coefficient (Wildman–Crippen LogP) is 2.93. The second kappa shape index (κ2) is 6.46. The highest BCUT2D eigenvalue weighted by molar-refractivity contribution is 8.00. The minimum Gasteiger partial charge on any atom is -0.469 e. The summed E-state index contributed by atoms with van der Waals surface area (Å²) in [4.78, 5) is 23.1. The number of carbonyl (C=O) groups excluding carboxylic acids is 2. The van der Waals surface area contributed by atoms with Crippen LogP contribution in [-0.4, -0.2) is 24.7 Å². The van der Waals surface area contributed by atoms with E-state index >= 15 is 0 Å². The van der Waals surface area contributed by atoms with E-state index in [4.69, 9.17) is 4.74 Å². The van der Waals surface area contributed by atoms with Crippen molar-refractivity contribution in [1.29, 1.82) is 0 Å². The molecule has 118 valence electrons. The Morgan fingerprint density at radius 3 is 2.57 bits per heavy atom. The number of ether oxygens (including phenoxy) is 1. The van der Waals surface area contributed by atoms with Crippen molar-refractivity contribution < 1.29 is 14.3 Å². The molecule has 1 atom stereocenters. The molecule has 2 aromatic carbocycles. The number of fused-ring (bicyclic) bond motifs is 1. The monoisotopic (exact) mass is 327 g/mol. The fourth-order valence-electron chi connectivity index (χ4n) is 2.77. The Hall–Kier alpha value is -2.27. The maximum Gasteiger partial charge on any atom is 0.306 e. The summed E-state index contributed by atoms with van der Waals surface area (Å²) in [6.07, 6.45) is 0.299. The summed E-state index contributed by atoms with van der Waals surface area (Å²) in [6, 6.07) is 17.4. The van der Waals surface area contributed by atoms with Crippen molar-refractivity contribution in [2.45, 2.75) is 11.3 Å². The first kappa shape index (κ1) is 15.6. The standard InChI is InChI=1S/C18H17NO3S/c1-22-16(20)11-12-23-18(13-7-3-2-4-8-13)15-10-6-5-9-14(15)17(21)19-18/h2-10H,11-12H2,1H3,(H,19,21)/t18-/m0/s1. The fourth-order valence-corrected chi connectivity index (χ4v) is 4.15. The number of thioether (sulfide) groups is 1. The number of methoxy groups -OCH3 is 1. The van der Waals surface area contributed by atoms with Gasteiger partial charge >= 0.3 is 5.97 Å². The normalized spacial score (nSPS) is 19.1. The Morgan fingerprint density at radius 2 is 1.83 bits per heavy atom. The van der Waals surface area contributed by atoms with E-state index in [1.54, 1.807) is 11.8 Å². The summed E-state index contributed by atoms with van der Waals surface area (Å²) >= 11 is 1.54. The van der Waals surface area contributed by atoms with Gasteiger partial charge in [-0.2, -0.15) is 0 Å². The summed E-state index contributed by atoms with van der Waals surface area (Å²) in [7, 11) is 1.38. The zero-order valence-electron chi connectivity index (χ0n) is 12.7. The molecule has 0 unspecified atom stereocenters. The van der Waals surface area contributed by atoms with Crippen LogP contribution in [0.15, 0.2) is 54.6 Å². The van der Waals surface area contributed by atoms with Gasteiger partial charge in [0.15, 0.2) is 0 Å². The zero-order valence-corrected chi connectivity index (χ0v) is 13.6. The molecule has 0 fully saturated rings. The van der Waals surface area contributed by atoms with Gasteiger partial charge in [-0.25, -0.2) is 0 Å². The molecule has 1 N–H and O–H groups in total. The highest BCUT2D eigenvalue weighted by Crippen LogP contribution is 2.45. The quantitative estimate of drug-likeness (QED) is 0.858. The predicted molar refractivity (Wildman–Crippen MR) is 90.2 cm³/mol. The minimum absolute atomic E-state index is 0.0879. The van der Waals surface area contributed by atoms with Crippen LogP contribution in [0.3, 0.4) is 0 Å². The van der Waals surface area contributed by atoms with Crippen molar-refractivity contribution in [2.24, 2.45) is 0 Å². The fraction of sp³-hybridized carbons (Fsp3) is 0.222. The number of amides is 1. The molecule has 0 aliphatic carbocycles. The smallest absolute Gasteiger partial charge is 0.306 e. The Balaban J connectivity index is 1.99. The van der Waals surface area contributed by atoms with E-state index < -0.39 is 4.87 Å². The zero-order chi connectivity index (χ0) is 16.3. The Labute approximate surface area is 139 Å². The van der Waals surface area contributed by atoms with Crippen molar-refractivity contribution in [2.75, 3.05) is 12.9 Å². The third-order valence-corrected chi connectivity index (χ3v) is 5.27. The van der Waals surface area contributed by atoms with Crippen LogP contribution >= 0.6 is 11.8 Å². The average Bonchev–Trinajstić information content (AvgIpc) is 2.89. The van der Waals surface area contributed by atoms with E-state index in [0.717, 1.165) is 11.1 Å². The van der Waals surface area contributed by atoms with Crippen molar-refractivity contribution in [3.8, 4) is 0 Å². The molecule has 0 aromatic heterocycles. The number of benzene rings is 2. The Morgan fingerprint density at radius 1 is 1.13 bits per heavy atom. The van der Waals surface area contributed by atoms with Crippen molar-refractivity contribution in [1.82, 2.24) is 5.32 Å². The molecule has 0 bridgehead atoms. The second-order valence-electron chi connectivity index (χ2n) is 5.22. The number of hydrogen-bond acceptors (Lipinski definition) is 4. The van der Waals surface area contributed by atoms with Crippen molar-refractivity contribution in [3.63, 3.8) is 0 Å². The third kappa shape index (κ3) is 2.84. The highest BCUT2D eigenvalue weighted by Gasteiger charge is 2.44. The van der Waals surface area contributed by atoms with E-state index in [1.807, 2.05) is 54.6 Å². The number of carbonyl (C=O) groups is 2. The van der Waals surface area contributed by atoms with Crippen molar-refractivity contribution >= 4 is 23.6 Å². The van der Waals surface area contributed by atoms with Gasteiger partial charge < -0.3 is 10.1 Å². The van der Waals surface area contributed by atoms with Gasteiger partial charge in [0, 0.05) is 16.9 Å². The lowest BCUT2D eigenvalue weighted by Crippen LogP contribution is -2.37. The van der Waals surface area contributed by atoms with Gasteiger partial charge in [-0.1, -0.05) is 48.5 Å². The van der Waals surface area contributed by atoms with Crippen LogP contribution in [0.2, 0.25) is 0 Å². The first-order chi connectivity index (χ1) is 11.2. The molecular formula is C18H17NO3S. The van der Waals surface area contributed by atoms with Crippen LogP contribution in [0.4, 0.5) is 0 Å². The van der Waals surface area contributed by atoms with Crippen LogP contribution in [0.1, 0.15) is 27.9 Å². The lowest BCUT2D eigenvalue weighted by atomic mass is 9.98. The van der Waals surface area contributed by atoms with E-state index in [0.29, 0.717) is 17.7 Å². The van der Waals surface area contributed by atoms with Crippen LogP contribution < -0.4 is 5.32 Å². The molecule has 23 heavy (non-hydrogen) atoms. The Bertz CT molecular complexity index is 732. The molecule has 2 aromatic rings. The molecule has 0 saturated heterocycles. The minimum atomic E-state index is -0.664. The summed E-state index contributed by atoms with van der Waals surface area (Å²) in [5.74, 6) is 0.212. The number of rotatable bonds is 5. The third-order valence-electron chi connectivity index (χ3n) is 3.87. The lowest BCUT2D eigenvalue weighted by molar-refractivity contribution is -0.140. The van der Waals surface area contributed by atoms with Crippen LogP contribution in [-0.2, 0) is 14.4 Å². The molecule has 4 nitrogen and oxygen atoms in total. The molecule has 0 saturated carbocycles. The molecule has 0 spiro atoms. The largest absolute Gasteiger partial charge is 0.469 e. The lowest BCUT2D eigenvalue weighted by Gasteiger charge is -2.30. The molecule has 1 amide bonds. The Kier molecular flexibility index (Phi) is 4.39. The first-order valence-corrected chi connectivity index (χ1v) is 8.34. The summed E-state index contributed by atoms with van der Waals surface area (Å²) in [5, 5.41) is 3.11. The summed E-state index contributed by atoms with van der Waals surface area (Å²) in [6.45, 7) is 0. The molecule has 1 heterocycles. The van der Waals surface area contributed by atoms with Gasteiger partial charge in [-0.3, -0.25) is 9.59 Å². The molecular weight excluding hydrogens is 310 g/mol. The van der Waals surface area contributed by atoms with Gasteiger partial charge in [0.1, 0.15) is 4.87 Å². The maximum absolute atomic E-state index is 12.4.